The summed E-state index contributed by atoms with van der Waals surface area (Å²) in [6.07, 6.45) is -0.272. The summed E-state index contributed by atoms with van der Waals surface area (Å²) < 4.78 is 10.3. The van der Waals surface area contributed by atoms with Crippen LogP contribution in [0.15, 0.2) is 14.3 Å². The van der Waals surface area contributed by atoms with Crippen molar-refractivity contribution in [2.24, 2.45) is 7.05 Å². The Bertz CT molecular complexity index is 895. The van der Waals surface area contributed by atoms with Gasteiger partial charge in [-0.25, -0.2) is 9.78 Å². The van der Waals surface area contributed by atoms with Crippen molar-refractivity contribution in [1.29, 1.82) is 0 Å². The van der Waals surface area contributed by atoms with Crippen LogP contribution in [0.4, 0.5) is 0 Å². The molecule has 0 fully saturated rings. The Morgan fingerprint density at radius 1 is 1.27 bits per heavy atom. The highest BCUT2D eigenvalue weighted by Gasteiger charge is 2.20. The summed E-state index contributed by atoms with van der Waals surface area (Å²) >= 11 is 3.36. The van der Waals surface area contributed by atoms with Gasteiger partial charge in [-0.2, -0.15) is 0 Å². The summed E-state index contributed by atoms with van der Waals surface area (Å²) in [6, 6.07) is 1.02. The van der Waals surface area contributed by atoms with Crippen LogP contribution in [0.1, 0.15) is 13.3 Å². The summed E-state index contributed by atoms with van der Waals surface area (Å²) in [5.41, 5.74) is -0.234. The molecule has 0 saturated carbocycles. The second-order valence-corrected chi connectivity index (χ2v) is 14.1. The molecule has 0 radical (unpaired) electrons. The molecule has 0 aliphatic rings. The Labute approximate surface area is 161 Å². The molecule has 1 unspecified atom stereocenters. The molecule has 1 atom stereocenters. The predicted molar refractivity (Wildman–Crippen MR) is 107 cm³/mol. The molecule has 0 aliphatic carbocycles. The van der Waals surface area contributed by atoms with E-state index in [1.165, 1.54) is 4.57 Å². The van der Waals surface area contributed by atoms with Gasteiger partial charge in [0, 0.05) is 28.3 Å². The fourth-order valence-electron chi connectivity index (χ4n) is 2.51. The highest BCUT2D eigenvalue weighted by Crippen LogP contribution is 2.17. The lowest BCUT2D eigenvalue weighted by Gasteiger charge is -2.16. The first-order valence-electron chi connectivity index (χ1n) is 8.64. The Morgan fingerprint density at radius 3 is 2.50 bits per heavy atom. The molecule has 10 heteroatoms. The lowest BCUT2D eigenvalue weighted by Crippen LogP contribution is -2.40. The van der Waals surface area contributed by atoms with E-state index in [4.69, 9.17) is 4.74 Å². The number of aromatic nitrogens is 4. The number of hydrogen-bond acceptors (Lipinski definition) is 5. The second-order valence-electron chi connectivity index (χ2n) is 7.77. The third kappa shape index (κ3) is 4.73. The van der Waals surface area contributed by atoms with Gasteiger partial charge in [-0.05, 0) is 35.3 Å². The quantitative estimate of drug-likeness (QED) is 0.378. The van der Waals surface area contributed by atoms with Crippen molar-refractivity contribution in [2.75, 3.05) is 6.61 Å². The summed E-state index contributed by atoms with van der Waals surface area (Å²) in [4.78, 5) is 29.6. The summed E-state index contributed by atoms with van der Waals surface area (Å²) in [7, 11) is 0.381. The number of aliphatic hydroxyl groups is 1. The van der Waals surface area contributed by atoms with E-state index < -0.39 is 25.4 Å². The summed E-state index contributed by atoms with van der Waals surface area (Å²) in [5, 5.41) is 9.48. The van der Waals surface area contributed by atoms with Crippen LogP contribution in [-0.2, 0) is 25.1 Å². The van der Waals surface area contributed by atoms with Crippen molar-refractivity contribution in [3.05, 3.63) is 25.6 Å². The first-order valence-corrected chi connectivity index (χ1v) is 13.1. The minimum absolute atomic E-state index is 0.151. The maximum Gasteiger partial charge on any atom is 0.332 e. The van der Waals surface area contributed by atoms with Gasteiger partial charge >= 0.3 is 5.69 Å². The number of ether oxygens (including phenoxy) is 1. The molecule has 0 spiro atoms. The number of nitrogens with zero attached hydrogens (tertiary/aromatic N) is 4. The van der Waals surface area contributed by atoms with Crippen molar-refractivity contribution in [3.63, 3.8) is 0 Å². The average molecular weight is 447 g/mol. The molecule has 146 valence electrons. The highest BCUT2D eigenvalue weighted by molar-refractivity contribution is 9.10. The van der Waals surface area contributed by atoms with Crippen LogP contribution in [0.25, 0.3) is 11.2 Å². The molecule has 0 aromatic carbocycles. The van der Waals surface area contributed by atoms with Gasteiger partial charge in [0.2, 0.25) is 0 Å². The monoisotopic (exact) mass is 446 g/mol. The third-order valence-corrected chi connectivity index (χ3v) is 6.48. The molecule has 0 aliphatic heterocycles. The van der Waals surface area contributed by atoms with E-state index in [1.54, 1.807) is 18.5 Å². The third-order valence-electron chi connectivity index (χ3n) is 4.17. The normalized spacial score (nSPS) is 13.5. The second kappa shape index (κ2) is 8.20. The molecule has 1 N–H and O–H groups in total. The largest absolute Gasteiger partial charge is 0.393 e. The molecular weight excluding hydrogens is 420 g/mol. The number of halogens is 1. The SMILES string of the molecule is CC(O)CCn1c(=O)c2c(nc(Br)n2COCC[Si](C)(C)C)n(C)c1=O. The molecule has 2 rings (SSSR count). The Hall–Kier alpha value is -1.23. The van der Waals surface area contributed by atoms with Gasteiger partial charge in [0.25, 0.3) is 5.56 Å². The first kappa shape index (κ1) is 21.1. The maximum absolute atomic E-state index is 12.9. The van der Waals surface area contributed by atoms with Crippen LogP contribution < -0.4 is 11.2 Å². The fraction of sp³-hybridized carbons (Fsp3) is 0.688. The maximum atomic E-state index is 12.9. The van der Waals surface area contributed by atoms with Crippen molar-refractivity contribution in [3.8, 4) is 0 Å². The number of aryl methyl sites for hydroxylation is 1. The zero-order valence-corrected chi connectivity index (χ0v) is 18.5. The van der Waals surface area contributed by atoms with E-state index in [9.17, 15) is 14.7 Å². The van der Waals surface area contributed by atoms with Crippen LogP contribution in [0.5, 0.6) is 0 Å². The minimum Gasteiger partial charge on any atom is -0.393 e. The molecule has 0 saturated heterocycles. The van der Waals surface area contributed by atoms with Gasteiger partial charge in [0.1, 0.15) is 6.73 Å². The van der Waals surface area contributed by atoms with Crippen molar-refractivity contribution < 1.29 is 9.84 Å². The van der Waals surface area contributed by atoms with Gasteiger partial charge in [0.15, 0.2) is 15.9 Å². The smallest absolute Gasteiger partial charge is 0.332 e. The lowest BCUT2D eigenvalue weighted by atomic mass is 10.3. The number of fused-ring (bicyclic) bond motifs is 1. The number of imidazole rings is 1. The molecule has 0 bridgehead atoms. The Balaban J connectivity index is 2.40. The minimum atomic E-state index is -1.20. The standard InChI is InChI=1S/C16H27BrN4O4Si/c1-11(22)6-7-20-14(23)12-13(19(2)16(20)24)18-15(17)21(12)10-25-8-9-26(3,4)5/h11,22H,6-10H2,1-5H3. The zero-order valence-electron chi connectivity index (χ0n) is 16.0. The van der Waals surface area contributed by atoms with E-state index >= 15 is 0 Å². The Kier molecular flexibility index (Phi) is 6.64. The average Bonchev–Trinajstić information content (AvgIpc) is 2.85. The van der Waals surface area contributed by atoms with E-state index in [1.807, 2.05) is 0 Å². The molecule has 2 heterocycles. The van der Waals surface area contributed by atoms with Crippen molar-refractivity contribution in [1.82, 2.24) is 18.7 Å². The van der Waals surface area contributed by atoms with E-state index in [0.29, 0.717) is 28.9 Å². The molecule has 2 aromatic rings. The number of aliphatic hydroxyl groups excluding tert-OH is 1. The molecule has 0 amide bonds. The van der Waals surface area contributed by atoms with Crippen LogP contribution in [0, 0.1) is 0 Å². The molecular formula is C16H27BrN4O4Si. The van der Waals surface area contributed by atoms with E-state index in [-0.39, 0.29) is 13.3 Å². The number of rotatable bonds is 8. The highest BCUT2D eigenvalue weighted by atomic mass is 79.9. The predicted octanol–water partition coefficient (Wildman–Crippen LogP) is 1.74. The fourth-order valence-corrected chi connectivity index (χ4v) is 3.71. The van der Waals surface area contributed by atoms with Crippen LogP contribution in [-0.4, -0.2) is 44.6 Å². The van der Waals surface area contributed by atoms with Gasteiger partial charge in [-0.1, -0.05) is 19.6 Å². The van der Waals surface area contributed by atoms with Gasteiger partial charge < -0.3 is 9.84 Å². The van der Waals surface area contributed by atoms with E-state index in [2.05, 4.69) is 40.6 Å². The Morgan fingerprint density at radius 2 is 1.92 bits per heavy atom. The summed E-state index contributed by atoms with van der Waals surface area (Å²) in [5.74, 6) is 0. The lowest BCUT2D eigenvalue weighted by molar-refractivity contribution is 0.0881. The van der Waals surface area contributed by atoms with Crippen LogP contribution in [0.3, 0.4) is 0 Å². The van der Waals surface area contributed by atoms with Gasteiger partial charge in [-0.3, -0.25) is 18.5 Å². The van der Waals surface area contributed by atoms with Crippen molar-refractivity contribution in [2.45, 2.75) is 58.4 Å². The number of hydrogen-bond donors (Lipinski definition) is 1. The topological polar surface area (TPSA) is 91.3 Å². The summed E-state index contributed by atoms with van der Waals surface area (Å²) in [6.45, 7) is 9.40. The zero-order chi connectivity index (χ0) is 19.6. The molecule has 26 heavy (non-hydrogen) atoms. The molecule has 2 aromatic heterocycles. The van der Waals surface area contributed by atoms with Gasteiger partial charge in [0.05, 0.1) is 6.10 Å². The van der Waals surface area contributed by atoms with Crippen LogP contribution >= 0.6 is 15.9 Å². The first-order chi connectivity index (χ1) is 12.0. The molecule has 8 nitrogen and oxygen atoms in total. The van der Waals surface area contributed by atoms with Crippen LogP contribution in [0.2, 0.25) is 25.7 Å². The van der Waals surface area contributed by atoms with Gasteiger partial charge in [-0.15, -0.1) is 0 Å². The van der Waals surface area contributed by atoms with E-state index in [0.717, 1.165) is 10.6 Å². The van der Waals surface area contributed by atoms with Crippen molar-refractivity contribution >= 4 is 35.2 Å².